The Morgan fingerprint density at radius 1 is 0.969 bits per heavy atom. The van der Waals surface area contributed by atoms with Crippen molar-refractivity contribution < 1.29 is 28.9 Å². The quantitative estimate of drug-likeness (QED) is 0.219. The molecule has 0 heterocycles. The number of amides is 1. The molecule has 0 aliphatic carbocycles. The van der Waals surface area contributed by atoms with Crippen molar-refractivity contribution in [2.45, 2.75) is 0 Å². The van der Waals surface area contributed by atoms with Crippen LogP contribution in [0.4, 0.5) is 0 Å². The van der Waals surface area contributed by atoms with Crippen LogP contribution in [-0.4, -0.2) is 37.4 Å². The van der Waals surface area contributed by atoms with Crippen molar-refractivity contribution in [3.8, 4) is 23.0 Å². The van der Waals surface area contributed by atoms with Crippen LogP contribution in [0.2, 0.25) is 0 Å². The number of carbonyl (C=O) groups excluding carboxylic acids is 2. The first-order valence-corrected chi connectivity index (χ1v) is 10.1. The summed E-state index contributed by atoms with van der Waals surface area (Å²) in [5, 5.41) is 13.7. The number of nitrogens with zero attached hydrogens (tertiary/aromatic N) is 1. The average Bonchev–Trinajstić information content (AvgIpc) is 2.80. The van der Waals surface area contributed by atoms with E-state index in [0.717, 1.165) is 4.47 Å². The Labute approximate surface area is 192 Å². The lowest BCUT2D eigenvalue weighted by molar-refractivity contribution is 0.0733. The molecule has 0 atom stereocenters. The van der Waals surface area contributed by atoms with Crippen LogP contribution in [-0.2, 0) is 0 Å². The van der Waals surface area contributed by atoms with Gasteiger partial charge >= 0.3 is 5.97 Å². The summed E-state index contributed by atoms with van der Waals surface area (Å²) in [4.78, 5) is 24.8. The molecule has 0 aromatic heterocycles. The van der Waals surface area contributed by atoms with Gasteiger partial charge in [0, 0.05) is 10.0 Å². The second-order valence-corrected chi connectivity index (χ2v) is 7.27. The number of halogens is 1. The molecule has 3 aromatic carbocycles. The van der Waals surface area contributed by atoms with Gasteiger partial charge in [0.2, 0.25) is 0 Å². The van der Waals surface area contributed by atoms with Crippen LogP contribution in [0.25, 0.3) is 0 Å². The first kappa shape index (κ1) is 22.8. The van der Waals surface area contributed by atoms with Gasteiger partial charge < -0.3 is 19.3 Å². The number of ether oxygens (including phenoxy) is 3. The van der Waals surface area contributed by atoms with E-state index in [1.54, 1.807) is 42.5 Å². The van der Waals surface area contributed by atoms with Crippen molar-refractivity contribution in [3.63, 3.8) is 0 Å². The summed E-state index contributed by atoms with van der Waals surface area (Å²) in [6, 6.07) is 15.7. The van der Waals surface area contributed by atoms with Crippen LogP contribution in [0.15, 0.2) is 70.2 Å². The zero-order chi connectivity index (χ0) is 23.1. The molecule has 3 aromatic rings. The first-order chi connectivity index (χ1) is 15.4. The Morgan fingerprint density at radius 2 is 1.69 bits per heavy atom. The van der Waals surface area contributed by atoms with Gasteiger partial charge in [0.05, 0.1) is 31.6 Å². The van der Waals surface area contributed by atoms with Crippen molar-refractivity contribution in [3.05, 3.63) is 81.8 Å². The van der Waals surface area contributed by atoms with E-state index in [0.29, 0.717) is 17.1 Å². The zero-order valence-electron chi connectivity index (χ0n) is 17.2. The van der Waals surface area contributed by atoms with Gasteiger partial charge in [-0.1, -0.05) is 28.1 Å². The Hall–Kier alpha value is -3.85. The molecule has 0 saturated heterocycles. The van der Waals surface area contributed by atoms with Gasteiger partial charge in [0.15, 0.2) is 11.5 Å². The summed E-state index contributed by atoms with van der Waals surface area (Å²) >= 11 is 3.36. The number of phenolic OH excluding ortho intramolecular Hbond substituents is 1. The second-order valence-electron chi connectivity index (χ2n) is 6.36. The Morgan fingerprint density at radius 3 is 2.41 bits per heavy atom. The molecule has 32 heavy (non-hydrogen) atoms. The molecule has 8 nitrogen and oxygen atoms in total. The van der Waals surface area contributed by atoms with Crippen LogP contribution in [0.3, 0.4) is 0 Å². The SMILES string of the molecule is COc1ccc(C(=O)Oc2ccc(Br)cc2/C=N/NC(=O)c2ccccc2O)cc1OC. The number of rotatable bonds is 7. The smallest absolute Gasteiger partial charge is 0.343 e. The van der Waals surface area contributed by atoms with E-state index in [-0.39, 0.29) is 22.6 Å². The van der Waals surface area contributed by atoms with Gasteiger partial charge in [-0.25, -0.2) is 10.2 Å². The van der Waals surface area contributed by atoms with E-state index >= 15 is 0 Å². The van der Waals surface area contributed by atoms with E-state index in [1.807, 2.05) is 0 Å². The van der Waals surface area contributed by atoms with Crippen LogP contribution in [0, 0.1) is 0 Å². The Bertz CT molecular complexity index is 1180. The summed E-state index contributed by atoms with van der Waals surface area (Å²) in [7, 11) is 2.97. The maximum Gasteiger partial charge on any atom is 0.343 e. The Kier molecular flexibility index (Phi) is 7.45. The number of carbonyl (C=O) groups is 2. The van der Waals surface area contributed by atoms with Crippen LogP contribution in [0.5, 0.6) is 23.0 Å². The highest BCUT2D eigenvalue weighted by Gasteiger charge is 2.15. The number of esters is 1. The fraction of sp³-hybridized carbons (Fsp3) is 0.0870. The molecule has 0 aliphatic heterocycles. The van der Waals surface area contributed by atoms with Crippen LogP contribution < -0.4 is 19.6 Å². The summed E-state index contributed by atoms with van der Waals surface area (Å²) in [6.07, 6.45) is 1.33. The van der Waals surface area contributed by atoms with Gasteiger partial charge in [-0.2, -0.15) is 5.10 Å². The molecule has 0 bridgehead atoms. The number of nitrogens with one attached hydrogen (secondary N) is 1. The summed E-state index contributed by atoms with van der Waals surface area (Å²) in [5.41, 5.74) is 3.12. The van der Waals surface area contributed by atoms with Gasteiger partial charge in [-0.3, -0.25) is 4.79 Å². The van der Waals surface area contributed by atoms with E-state index in [9.17, 15) is 14.7 Å². The Balaban J connectivity index is 1.78. The predicted molar refractivity (Wildman–Crippen MR) is 122 cm³/mol. The lowest BCUT2D eigenvalue weighted by atomic mass is 10.2. The fourth-order valence-electron chi connectivity index (χ4n) is 2.72. The number of benzene rings is 3. The normalized spacial score (nSPS) is 10.6. The molecule has 0 unspecified atom stereocenters. The topological polar surface area (TPSA) is 106 Å². The molecular weight excluding hydrogens is 480 g/mol. The second kappa shape index (κ2) is 10.5. The zero-order valence-corrected chi connectivity index (χ0v) is 18.8. The number of hydrazone groups is 1. The first-order valence-electron chi connectivity index (χ1n) is 9.28. The summed E-state index contributed by atoms with van der Waals surface area (Å²) in [5.74, 6) is -0.243. The van der Waals surface area contributed by atoms with Crippen LogP contribution in [0.1, 0.15) is 26.3 Å². The molecule has 0 aliphatic rings. The fourth-order valence-corrected chi connectivity index (χ4v) is 3.10. The molecule has 2 N–H and O–H groups in total. The van der Waals surface area contributed by atoms with Crippen LogP contribution >= 0.6 is 15.9 Å². The molecule has 9 heteroatoms. The molecule has 1 amide bonds. The van der Waals surface area contributed by atoms with Gasteiger partial charge in [-0.05, 0) is 48.5 Å². The standard InChI is InChI=1S/C23H19BrN2O6/c1-30-20-9-7-14(12-21(20)31-2)23(29)32-19-10-8-16(24)11-15(19)13-25-26-22(28)17-5-3-4-6-18(17)27/h3-13,27H,1-2H3,(H,26,28)/b25-13+. The molecule has 3 rings (SSSR count). The van der Waals surface area contributed by atoms with E-state index in [1.165, 1.54) is 38.6 Å². The summed E-state index contributed by atoms with van der Waals surface area (Å²) < 4.78 is 16.6. The maximum absolute atomic E-state index is 12.7. The van der Waals surface area contributed by atoms with E-state index < -0.39 is 11.9 Å². The van der Waals surface area contributed by atoms with E-state index in [2.05, 4.69) is 26.5 Å². The molecular formula is C23H19BrN2O6. The number of phenols is 1. The van der Waals surface area contributed by atoms with Gasteiger partial charge in [0.25, 0.3) is 5.91 Å². The number of hydrogen-bond acceptors (Lipinski definition) is 7. The van der Waals surface area contributed by atoms with Crippen molar-refractivity contribution in [1.82, 2.24) is 5.43 Å². The average molecular weight is 499 g/mol. The minimum absolute atomic E-state index is 0.0824. The minimum atomic E-state index is -0.610. The molecule has 0 radical (unpaired) electrons. The number of aromatic hydroxyl groups is 1. The van der Waals surface area contributed by atoms with Crippen molar-refractivity contribution in [2.24, 2.45) is 5.10 Å². The third kappa shape index (κ3) is 5.44. The molecule has 164 valence electrons. The monoisotopic (exact) mass is 498 g/mol. The van der Waals surface area contributed by atoms with Crippen molar-refractivity contribution >= 4 is 34.0 Å². The third-order valence-corrected chi connectivity index (χ3v) is 4.81. The van der Waals surface area contributed by atoms with E-state index in [4.69, 9.17) is 14.2 Å². The predicted octanol–water partition coefficient (Wildman–Crippen LogP) is 4.16. The number of para-hydroxylation sites is 1. The molecule has 0 spiro atoms. The minimum Gasteiger partial charge on any atom is -0.507 e. The number of methoxy groups -OCH3 is 2. The lowest BCUT2D eigenvalue weighted by Gasteiger charge is -2.11. The third-order valence-electron chi connectivity index (χ3n) is 4.31. The van der Waals surface area contributed by atoms with Crippen molar-refractivity contribution in [1.29, 1.82) is 0 Å². The van der Waals surface area contributed by atoms with Gasteiger partial charge in [-0.15, -0.1) is 0 Å². The van der Waals surface area contributed by atoms with Crippen molar-refractivity contribution in [2.75, 3.05) is 14.2 Å². The highest BCUT2D eigenvalue weighted by Crippen LogP contribution is 2.29. The maximum atomic E-state index is 12.7. The largest absolute Gasteiger partial charge is 0.507 e. The van der Waals surface area contributed by atoms with Gasteiger partial charge in [0.1, 0.15) is 11.5 Å². The number of hydrogen-bond donors (Lipinski definition) is 2. The highest BCUT2D eigenvalue weighted by molar-refractivity contribution is 9.10. The lowest BCUT2D eigenvalue weighted by Crippen LogP contribution is -2.17. The molecule has 0 fully saturated rings. The summed E-state index contributed by atoms with van der Waals surface area (Å²) in [6.45, 7) is 0. The highest BCUT2D eigenvalue weighted by atomic mass is 79.9. The molecule has 0 saturated carbocycles.